The predicted molar refractivity (Wildman–Crippen MR) is 77.1 cm³/mol. The number of nitrogens with zero attached hydrogens (tertiary/aromatic N) is 3. The number of rotatable bonds is 3. The summed E-state index contributed by atoms with van der Waals surface area (Å²) in [6, 6.07) is 1.86. The van der Waals surface area contributed by atoms with E-state index in [1.165, 1.54) is 0 Å². The van der Waals surface area contributed by atoms with E-state index in [0.29, 0.717) is 13.1 Å². The number of sulfonamides is 1. The highest BCUT2D eigenvalue weighted by Gasteiger charge is 2.53. The Morgan fingerprint density at radius 1 is 1.35 bits per heavy atom. The van der Waals surface area contributed by atoms with Crippen LogP contribution in [-0.4, -0.2) is 40.5 Å². The lowest BCUT2D eigenvalue weighted by molar-refractivity contribution is 0.313. The number of hydrogen-bond acceptors (Lipinski definition) is 4. The van der Waals surface area contributed by atoms with E-state index in [9.17, 15) is 8.42 Å². The molecule has 7 heteroatoms. The maximum absolute atomic E-state index is 12.4. The van der Waals surface area contributed by atoms with Gasteiger partial charge in [-0.3, -0.25) is 0 Å². The highest BCUT2D eigenvalue weighted by molar-refractivity contribution is 7.90. The maximum Gasteiger partial charge on any atom is 0.222 e. The molecule has 0 spiro atoms. The molecule has 1 saturated heterocycles. The Morgan fingerprint density at radius 3 is 2.55 bits per heavy atom. The number of aromatic nitrogens is 2. The molecule has 1 saturated carbocycles. The van der Waals surface area contributed by atoms with E-state index < -0.39 is 14.8 Å². The Bertz CT molecular complexity index is 608. The minimum Gasteiger partial charge on any atom is -0.227 e. The Balaban J connectivity index is 1.68. The van der Waals surface area contributed by atoms with Crippen LogP contribution in [0.4, 0.5) is 0 Å². The van der Waals surface area contributed by atoms with Gasteiger partial charge in [0.15, 0.2) is 0 Å². The van der Waals surface area contributed by atoms with Gasteiger partial charge in [-0.15, -0.1) is 0 Å². The van der Waals surface area contributed by atoms with Crippen LogP contribution in [0.5, 0.6) is 0 Å². The molecule has 0 amide bonds. The summed E-state index contributed by atoms with van der Waals surface area (Å²) < 4.78 is 26.0. The molecule has 0 N–H and O–H groups in total. The van der Waals surface area contributed by atoms with E-state index in [1.807, 2.05) is 13.0 Å². The van der Waals surface area contributed by atoms with Crippen molar-refractivity contribution in [2.75, 3.05) is 13.1 Å². The van der Waals surface area contributed by atoms with E-state index >= 15 is 0 Å². The van der Waals surface area contributed by atoms with Crippen LogP contribution in [0, 0.1) is 0 Å². The monoisotopic (exact) mass is 315 g/mol. The number of hydrogen-bond donors (Lipinski definition) is 0. The molecule has 2 aliphatic rings. The van der Waals surface area contributed by atoms with Crippen LogP contribution >= 0.6 is 11.6 Å². The minimum atomic E-state index is -3.13. The molecule has 2 fully saturated rings. The van der Waals surface area contributed by atoms with Gasteiger partial charge in [-0.25, -0.2) is 22.7 Å². The fourth-order valence-corrected chi connectivity index (χ4v) is 4.80. The summed E-state index contributed by atoms with van der Waals surface area (Å²) in [5, 5.41) is 0.253. The average Bonchev–Trinajstić information content (AvgIpc) is 3.19. The first-order valence-corrected chi connectivity index (χ1v) is 8.72. The van der Waals surface area contributed by atoms with Gasteiger partial charge in [0.2, 0.25) is 15.3 Å². The van der Waals surface area contributed by atoms with Crippen molar-refractivity contribution >= 4 is 21.6 Å². The van der Waals surface area contributed by atoms with Crippen molar-refractivity contribution in [3.63, 3.8) is 0 Å². The summed E-state index contributed by atoms with van der Waals surface area (Å²) in [6.07, 6.45) is 4.82. The summed E-state index contributed by atoms with van der Waals surface area (Å²) in [5.41, 5.74) is 0.916. The minimum absolute atomic E-state index is 0.253. The van der Waals surface area contributed by atoms with Gasteiger partial charge in [0.25, 0.3) is 0 Å². The Labute approximate surface area is 124 Å². The zero-order valence-corrected chi connectivity index (χ0v) is 13.0. The summed E-state index contributed by atoms with van der Waals surface area (Å²) in [7, 11) is -3.13. The number of halogens is 1. The van der Waals surface area contributed by atoms with Crippen LogP contribution < -0.4 is 0 Å². The van der Waals surface area contributed by atoms with Crippen LogP contribution in [0.2, 0.25) is 5.28 Å². The van der Waals surface area contributed by atoms with Gasteiger partial charge in [0.1, 0.15) is 0 Å². The van der Waals surface area contributed by atoms with Gasteiger partial charge in [0, 0.05) is 30.9 Å². The van der Waals surface area contributed by atoms with Gasteiger partial charge in [-0.1, -0.05) is 0 Å². The van der Waals surface area contributed by atoms with Crippen LogP contribution in [-0.2, 0) is 10.0 Å². The van der Waals surface area contributed by atoms with Crippen LogP contribution in [0.3, 0.4) is 0 Å². The molecular formula is C13H18ClN3O2S. The molecule has 0 unspecified atom stereocenters. The van der Waals surface area contributed by atoms with Crippen molar-refractivity contribution in [3.05, 3.63) is 23.2 Å². The second kappa shape index (κ2) is 4.93. The van der Waals surface area contributed by atoms with E-state index in [-0.39, 0.29) is 11.2 Å². The van der Waals surface area contributed by atoms with Crippen LogP contribution in [0.25, 0.3) is 0 Å². The zero-order chi connectivity index (χ0) is 14.4. The van der Waals surface area contributed by atoms with Crippen LogP contribution in [0.15, 0.2) is 12.3 Å². The fourth-order valence-electron chi connectivity index (χ4n) is 2.71. The molecule has 1 aliphatic carbocycles. The van der Waals surface area contributed by atoms with Gasteiger partial charge in [0.05, 0.1) is 4.75 Å². The highest BCUT2D eigenvalue weighted by Crippen LogP contribution is 2.45. The van der Waals surface area contributed by atoms with Gasteiger partial charge < -0.3 is 0 Å². The van der Waals surface area contributed by atoms with E-state index in [4.69, 9.17) is 11.6 Å². The summed E-state index contributed by atoms with van der Waals surface area (Å²) in [6.45, 7) is 2.99. The molecule has 20 heavy (non-hydrogen) atoms. The summed E-state index contributed by atoms with van der Waals surface area (Å²) in [5.74, 6) is 0.272. The van der Waals surface area contributed by atoms with Crippen molar-refractivity contribution in [1.29, 1.82) is 0 Å². The molecule has 2 heterocycles. The average molecular weight is 316 g/mol. The lowest BCUT2D eigenvalue weighted by Crippen LogP contribution is -2.43. The van der Waals surface area contributed by atoms with Gasteiger partial charge in [-0.2, -0.15) is 0 Å². The maximum atomic E-state index is 12.4. The SMILES string of the molecule is CC1(S(=O)(=O)N2CCC(c3ccnc(Cl)n3)CC2)CC1. The van der Waals surface area contributed by atoms with Crippen molar-refractivity contribution in [3.8, 4) is 0 Å². The van der Waals surface area contributed by atoms with Crippen LogP contribution in [0.1, 0.15) is 44.2 Å². The molecule has 3 rings (SSSR count). The van der Waals surface area contributed by atoms with E-state index in [0.717, 1.165) is 31.4 Å². The largest absolute Gasteiger partial charge is 0.227 e. The predicted octanol–water partition coefficient (Wildman–Crippen LogP) is 2.19. The second-order valence-corrected chi connectivity index (χ2v) is 8.67. The summed E-state index contributed by atoms with van der Waals surface area (Å²) in [4.78, 5) is 8.11. The molecule has 0 radical (unpaired) electrons. The molecule has 0 atom stereocenters. The molecule has 110 valence electrons. The lowest BCUT2D eigenvalue weighted by Gasteiger charge is -2.32. The fraction of sp³-hybridized carbons (Fsp3) is 0.692. The van der Waals surface area contributed by atoms with Gasteiger partial charge >= 0.3 is 0 Å². The second-order valence-electron chi connectivity index (χ2n) is 5.88. The third kappa shape index (κ3) is 2.44. The molecule has 1 aliphatic heterocycles. The lowest BCUT2D eigenvalue weighted by atomic mass is 9.94. The van der Waals surface area contributed by atoms with E-state index in [1.54, 1.807) is 10.5 Å². The molecule has 1 aromatic heterocycles. The molecular weight excluding hydrogens is 298 g/mol. The van der Waals surface area contributed by atoms with Crippen molar-refractivity contribution in [2.45, 2.75) is 43.3 Å². The Hall–Kier alpha value is -0.720. The van der Waals surface area contributed by atoms with Crippen molar-refractivity contribution in [2.24, 2.45) is 0 Å². The third-order valence-electron chi connectivity index (χ3n) is 4.44. The molecule has 5 nitrogen and oxygen atoms in total. The van der Waals surface area contributed by atoms with Crippen molar-refractivity contribution < 1.29 is 8.42 Å². The molecule has 1 aromatic rings. The highest BCUT2D eigenvalue weighted by atomic mass is 35.5. The topological polar surface area (TPSA) is 63.2 Å². The first-order chi connectivity index (χ1) is 9.42. The first kappa shape index (κ1) is 14.2. The van der Waals surface area contributed by atoms with Gasteiger partial charge in [-0.05, 0) is 50.3 Å². The zero-order valence-electron chi connectivity index (χ0n) is 11.4. The quantitative estimate of drug-likeness (QED) is 0.802. The smallest absolute Gasteiger partial charge is 0.222 e. The summed E-state index contributed by atoms with van der Waals surface area (Å²) >= 11 is 5.80. The standard InChI is InChI=1S/C13H18ClN3O2S/c1-13(5-6-13)20(18,19)17-8-3-10(4-9-17)11-2-7-15-12(14)16-11/h2,7,10H,3-6,8-9H2,1H3. The Morgan fingerprint density at radius 2 is 2.00 bits per heavy atom. The molecule has 0 bridgehead atoms. The first-order valence-electron chi connectivity index (χ1n) is 6.90. The van der Waals surface area contributed by atoms with Crippen molar-refractivity contribution in [1.82, 2.24) is 14.3 Å². The molecule has 0 aromatic carbocycles. The van der Waals surface area contributed by atoms with E-state index in [2.05, 4.69) is 9.97 Å². The third-order valence-corrected chi connectivity index (χ3v) is 7.32. The Kier molecular flexibility index (Phi) is 3.51. The number of piperidine rings is 1. The normalized spacial score (nSPS) is 23.7.